The van der Waals surface area contributed by atoms with Gasteiger partial charge in [0, 0.05) is 37.4 Å². The van der Waals surface area contributed by atoms with Crippen molar-refractivity contribution in [1.82, 2.24) is 9.71 Å². The van der Waals surface area contributed by atoms with Gasteiger partial charge in [-0.05, 0) is 43.4 Å². The molecule has 0 unspecified atom stereocenters. The van der Waals surface area contributed by atoms with Crippen LogP contribution in [-0.2, 0) is 20.2 Å². The van der Waals surface area contributed by atoms with Crippen molar-refractivity contribution in [2.75, 3.05) is 25.1 Å². The molecule has 0 spiro atoms. The molecule has 1 saturated heterocycles. The van der Waals surface area contributed by atoms with Crippen LogP contribution in [0.1, 0.15) is 45.1 Å². The maximum Gasteiger partial charge on any atom is 0.242 e. The fourth-order valence-electron chi connectivity index (χ4n) is 3.77. The van der Waals surface area contributed by atoms with Crippen LogP contribution in [0.2, 0.25) is 0 Å². The Balaban J connectivity index is 1.70. The first-order valence-corrected chi connectivity index (χ1v) is 11.8. The maximum absolute atomic E-state index is 12.5. The van der Waals surface area contributed by atoms with Crippen molar-refractivity contribution in [1.29, 1.82) is 0 Å². The number of rotatable bonds is 9. The van der Waals surface area contributed by atoms with Crippen LogP contribution in [0.4, 0.5) is 5.82 Å². The number of nitrogens with zero attached hydrogens (tertiary/aromatic N) is 1. The van der Waals surface area contributed by atoms with Crippen molar-refractivity contribution in [2.45, 2.75) is 55.9 Å². The van der Waals surface area contributed by atoms with Crippen LogP contribution in [0.25, 0.3) is 0 Å². The summed E-state index contributed by atoms with van der Waals surface area (Å²) in [7, 11) is -3.55. The third kappa shape index (κ3) is 5.35. The van der Waals surface area contributed by atoms with Gasteiger partial charge in [0.1, 0.15) is 10.7 Å². The molecular weight excluding hydrogens is 386 g/mol. The van der Waals surface area contributed by atoms with Crippen LogP contribution in [0.15, 0.2) is 53.6 Å². The molecule has 158 valence electrons. The highest BCUT2D eigenvalue weighted by Gasteiger charge is 2.34. The highest BCUT2D eigenvalue weighted by Crippen LogP contribution is 2.35. The van der Waals surface area contributed by atoms with E-state index in [0.717, 1.165) is 45.4 Å². The molecule has 2 N–H and O–H groups in total. The zero-order chi connectivity index (χ0) is 20.7. The average molecular weight is 418 g/mol. The number of hydrogen-bond acceptors (Lipinski definition) is 5. The molecule has 7 heteroatoms. The van der Waals surface area contributed by atoms with Crippen molar-refractivity contribution in [2.24, 2.45) is 0 Å². The largest absolute Gasteiger partial charge is 0.381 e. The van der Waals surface area contributed by atoms with E-state index in [1.165, 1.54) is 11.8 Å². The number of ether oxygens (including phenoxy) is 1. The van der Waals surface area contributed by atoms with Gasteiger partial charge in [0.05, 0.1) is 0 Å². The lowest BCUT2D eigenvalue weighted by molar-refractivity contribution is 0.0543. The lowest BCUT2D eigenvalue weighted by Gasteiger charge is -2.38. The minimum atomic E-state index is -3.55. The Bertz CT molecular complexity index is 860. The molecule has 3 rings (SSSR count). The molecule has 1 aliphatic heterocycles. The first-order valence-electron chi connectivity index (χ1n) is 10.3. The quantitative estimate of drug-likeness (QED) is 0.650. The Morgan fingerprint density at radius 1 is 1.07 bits per heavy atom. The third-order valence-electron chi connectivity index (χ3n) is 5.80. The summed E-state index contributed by atoms with van der Waals surface area (Å²) in [5.41, 5.74) is 1.28. The molecule has 1 fully saturated rings. The molecule has 0 atom stereocenters. The normalized spacial score (nSPS) is 16.7. The smallest absolute Gasteiger partial charge is 0.242 e. The van der Waals surface area contributed by atoms with Gasteiger partial charge in [0.2, 0.25) is 10.0 Å². The second-order valence-electron chi connectivity index (χ2n) is 7.63. The summed E-state index contributed by atoms with van der Waals surface area (Å²) in [4.78, 5) is 4.54. The Kier molecular flexibility index (Phi) is 7.27. The van der Waals surface area contributed by atoms with Crippen molar-refractivity contribution >= 4 is 15.8 Å². The Labute approximate surface area is 174 Å². The molecule has 1 aromatic carbocycles. The Morgan fingerprint density at radius 3 is 2.34 bits per heavy atom. The number of anilines is 1. The minimum absolute atomic E-state index is 0.0109. The van der Waals surface area contributed by atoms with E-state index in [1.54, 1.807) is 12.1 Å². The first kappa shape index (κ1) is 21.7. The van der Waals surface area contributed by atoms with Gasteiger partial charge in [-0.25, -0.2) is 18.1 Å². The summed E-state index contributed by atoms with van der Waals surface area (Å²) in [5, 5.41) is 3.41. The number of sulfonamides is 1. The van der Waals surface area contributed by atoms with Gasteiger partial charge in [-0.1, -0.05) is 44.2 Å². The molecule has 0 radical (unpaired) electrons. The maximum atomic E-state index is 12.5. The van der Waals surface area contributed by atoms with Crippen molar-refractivity contribution in [3.05, 3.63) is 54.2 Å². The summed E-state index contributed by atoms with van der Waals surface area (Å²) < 4.78 is 33.4. The number of pyridine rings is 1. The van der Waals surface area contributed by atoms with Crippen molar-refractivity contribution in [3.8, 4) is 0 Å². The molecule has 29 heavy (non-hydrogen) atoms. The topological polar surface area (TPSA) is 80.3 Å². The van der Waals surface area contributed by atoms with Crippen LogP contribution in [0.5, 0.6) is 0 Å². The fourth-order valence-corrected chi connectivity index (χ4v) is 5.11. The average Bonchev–Trinajstić information content (AvgIpc) is 2.77. The van der Waals surface area contributed by atoms with Gasteiger partial charge >= 0.3 is 0 Å². The third-order valence-corrected chi connectivity index (χ3v) is 7.30. The molecule has 2 heterocycles. The van der Waals surface area contributed by atoms with E-state index in [1.807, 2.05) is 19.9 Å². The number of nitrogens with one attached hydrogen (secondary N) is 2. The van der Waals surface area contributed by atoms with Gasteiger partial charge in [-0.3, -0.25) is 0 Å². The highest BCUT2D eigenvalue weighted by molar-refractivity contribution is 7.89. The molecule has 1 aliphatic rings. The lowest BCUT2D eigenvalue weighted by Crippen LogP contribution is -2.40. The minimum Gasteiger partial charge on any atom is -0.381 e. The van der Waals surface area contributed by atoms with Crippen molar-refractivity contribution in [3.63, 3.8) is 0 Å². The monoisotopic (exact) mass is 417 g/mol. The Hall–Kier alpha value is -1.96. The zero-order valence-electron chi connectivity index (χ0n) is 17.2. The molecular formula is C22H31N3O3S. The van der Waals surface area contributed by atoms with E-state index in [-0.39, 0.29) is 16.4 Å². The first-order chi connectivity index (χ1) is 14.0. The summed E-state index contributed by atoms with van der Waals surface area (Å²) in [5.74, 6) is 0.674. The molecule has 0 amide bonds. The van der Waals surface area contributed by atoms with E-state index >= 15 is 0 Å². The molecule has 0 saturated carbocycles. The van der Waals surface area contributed by atoms with Gasteiger partial charge < -0.3 is 10.1 Å². The predicted molar refractivity (Wildman–Crippen MR) is 116 cm³/mol. The van der Waals surface area contributed by atoms with Crippen LogP contribution in [0.3, 0.4) is 0 Å². The number of hydrogen-bond donors (Lipinski definition) is 2. The molecule has 0 aliphatic carbocycles. The number of aromatic nitrogens is 1. The lowest BCUT2D eigenvalue weighted by atomic mass is 9.74. The van der Waals surface area contributed by atoms with E-state index in [9.17, 15) is 8.42 Å². The second kappa shape index (κ2) is 9.69. The summed E-state index contributed by atoms with van der Waals surface area (Å²) >= 11 is 0. The SMILES string of the molecule is CCC(CC)NS(=O)(=O)c1ccc(NCC2(c3ccccc3)CCOCC2)nc1. The van der Waals surface area contributed by atoms with Crippen molar-refractivity contribution < 1.29 is 13.2 Å². The predicted octanol–water partition coefficient (Wildman–Crippen LogP) is 3.71. The van der Waals surface area contributed by atoms with E-state index in [0.29, 0.717) is 5.82 Å². The molecule has 1 aromatic heterocycles. The van der Waals surface area contributed by atoms with E-state index in [2.05, 4.69) is 39.3 Å². The summed E-state index contributed by atoms with van der Waals surface area (Å²) in [6.07, 6.45) is 4.82. The fraction of sp³-hybridized carbons (Fsp3) is 0.500. The standard InChI is InChI=1S/C22H31N3O3S/c1-3-19(4-2)25-29(26,27)20-10-11-21(23-16-20)24-17-22(12-14-28-15-13-22)18-8-6-5-7-9-18/h5-11,16,19,25H,3-4,12-15,17H2,1-2H3,(H,23,24). The van der Waals surface area contributed by atoms with Crippen LogP contribution in [-0.4, -0.2) is 39.2 Å². The van der Waals surface area contributed by atoms with Crippen LogP contribution >= 0.6 is 0 Å². The molecule has 6 nitrogen and oxygen atoms in total. The number of benzene rings is 1. The van der Waals surface area contributed by atoms with Gasteiger partial charge in [-0.15, -0.1) is 0 Å². The molecule has 0 bridgehead atoms. The van der Waals surface area contributed by atoms with Gasteiger partial charge in [0.25, 0.3) is 0 Å². The summed E-state index contributed by atoms with van der Waals surface area (Å²) in [6, 6.07) is 13.8. The van der Waals surface area contributed by atoms with Crippen LogP contribution in [0, 0.1) is 0 Å². The second-order valence-corrected chi connectivity index (χ2v) is 9.34. The Morgan fingerprint density at radius 2 is 1.76 bits per heavy atom. The van der Waals surface area contributed by atoms with E-state index in [4.69, 9.17) is 4.74 Å². The van der Waals surface area contributed by atoms with E-state index < -0.39 is 10.0 Å². The highest BCUT2D eigenvalue weighted by atomic mass is 32.2. The zero-order valence-corrected chi connectivity index (χ0v) is 18.0. The van der Waals surface area contributed by atoms with Crippen LogP contribution < -0.4 is 10.0 Å². The summed E-state index contributed by atoms with van der Waals surface area (Å²) in [6.45, 7) is 6.15. The van der Waals surface area contributed by atoms with Gasteiger partial charge in [0.15, 0.2) is 0 Å². The molecule has 2 aromatic rings. The van der Waals surface area contributed by atoms with Gasteiger partial charge in [-0.2, -0.15) is 0 Å².